The van der Waals surface area contributed by atoms with E-state index in [0.717, 1.165) is 30.8 Å². The second-order valence-electron chi connectivity index (χ2n) is 4.17. The number of benzene rings is 1. The molecule has 0 radical (unpaired) electrons. The molecule has 17 heavy (non-hydrogen) atoms. The van der Waals surface area contributed by atoms with Crippen molar-refractivity contribution in [3.05, 3.63) is 24.3 Å². The van der Waals surface area contributed by atoms with E-state index in [4.69, 9.17) is 10.5 Å². The Hall–Kier alpha value is -1.55. The number of hydrogen-bond acceptors (Lipinski definition) is 3. The summed E-state index contributed by atoms with van der Waals surface area (Å²) >= 11 is 0. The topological polar surface area (TPSA) is 55.6 Å². The van der Waals surface area contributed by atoms with Crippen LogP contribution in [0.5, 0.6) is 5.75 Å². The zero-order valence-electron chi connectivity index (χ0n) is 10.1. The molecule has 2 N–H and O–H groups in total. The number of rotatable bonds is 3. The minimum Gasteiger partial charge on any atom is -0.494 e. The Bertz CT molecular complexity index is 389. The van der Waals surface area contributed by atoms with Gasteiger partial charge < -0.3 is 15.4 Å². The van der Waals surface area contributed by atoms with Crippen molar-refractivity contribution in [2.45, 2.75) is 25.8 Å². The van der Waals surface area contributed by atoms with Gasteiger partial charge in [-0.25, -0.2) is 0 Å². The van der Waals surface area contributed by atoms with Gasteiger partial charge in [0, 0.05) is 12.2 Å². The first-order valence-corrected chi connectivity index (χ1v) is 6.02. The van der Waals surface area contributed by atoms with Gasteiger partial charge in [0.25, 0.3) is 0 Å². The monoisotopic (exact) mass is 234 g/mol. The zero-order valence-corrected chi connectivity index (χ0v) is 10.1. The van der Waals surface area contributed by atoms with Crippen LogP contribution >= 0.6 is 0 Å². The number of ether oxygens (including phenoxy) is 1. The number of piperidine rings is 1. The Kier molecular flexibility index (Phi) is 3.64. The number of hydrogen-bond donors (Lipinski definition) is 1. The molecule has 92 valence electrons. The average molecular weight is 234 g/mol. The highest BCUT2D eigenvalue weighted by molar-refractivity contribution is 5.97. The van der Waals surface area contributed by atoms with Crippen molar-refractivity contribution in [3.8, 4) is 5.75 Å². The fraction of sp³-hybridized carbons (Fsp3) is 0.462. The molecule has 1 fully saturated rings. The molecule has 1 aromatic carbocycles. The molecular formula is C13H18N2O2. The van der Waals surface area contributed by atoms with Crippen LogP contribution in [-0.2, 0) is 4.79 Å². The maximum absolute atomic E-state index is 11.9. The number of carbonyl (C=O) groups excluding carboxylic acids is 1. The first-order chi connectivity index (χ1) is 8.22. The lowest BCUT2D eigenvalue weighted by Crippen LogP contribution is -2.48. The lowest BCUT2D eigenvalue weighted by Gasteiger charge is -2.30. The summed E-state index contributed by atoms with van der Waals surface area (Å²) < 4.78 is 5.37. The normalized spacial score (nSPS) is 20.5. The molecule has 0 saturated carbocycles. The fourth-order valence-electron chi connectivity index (χ4n) is 2.05. The Morgan fingerprint density at radius 1 is 1.41 bits per heavy atom. The molecule has 0 bridgehead atoms. The molecule has 0 spiro atoms. The summed E-state index contributed by atoms with van der Waals surface area (Å²) in [4.78, 5) is 13.7. The van der Waals surface area contributed by atoms with Crippen LogP contribution in [0.25, 0.3) is 0 Å². The van der Waals surface area contributed by atoms with E-state index in [1.54, 1.807) is 4.90 Å². The van der Waals surface area contributed by atoms with E-state index in [-0.39, 0.29) is 11.9 Å². The molecule has 1 aromatic rings. The molecule has 1 unspecified atom stereocenters. The fourth-order valence-corrected chi connectivity index (χ4v) is 2.05. The van der Waals surface area contributed by atoms with Crippen molar-refractivity contribution in [2.24, 2.45) is 5.73 Å². The second-order valence-corrected chi connectivity index (χ2v) is 4.17. The third-order valence-electron chi connectivity index (χ3n) is 2.94. The van der Waals surface area contributed by atoms with E-state index in [2.05, 4.69) is 0 Å². The molecule has 1 saturated heterocycles. The van der Waals surface area contributed by atoms with Crippen molar-refractivity contribution < 1.29 is 9.53 Å². The molecule has 0 aliphatic carbocycles. The quantitative estimate of drug-likeness (QED) is 0.863. The second kappa shape index (κ2) is 5.19. The lowest BCUT2D eigenvalue weighted by atomic mass is 10.0. The van der Waals surface area contributed by atoms with Gasteiger partial charge >= 0.3 is 0 Å². The molecule has 1 atom stereocenters. The van der Waals surface area contributed by atoms with Gasteiger partial charge in [-0.15, -0.1) is 0 Å². The van der Waals surface area contributed by atoms with E-state index in [1.807, 2.05) is 31.2 Å². The van der Waals surface area contributed by atoms with Crippen LogP contribution in [0.4, 0.5) is 5.69 Å². The number of nitrogens with zero attached hydrogens (tertiary/aromatic N) is 1. The van der Waals surface area contributed by atoms with E-state index < -0.39 is 0 Å². The molecule has 4 nitrogen and oxygen atoms in total. The predicted molar refractivity (Wildman–Crippen MR) is 67.2 cm³/mol. The Morgan fingerprint density at radius 3 is 2.76 bits per heavy atom. The number of amides is 1. The van der Waals surface area contributed by atoms with Crippen LogP contribution in [0.1, 0.15) is 19.8 Å². The molecule has 2 rings (SSSR count). The van der Waals surface area contributed by atoms with E-state index >= 15 is 0 Å². The summed E-state index contributed by atoms with van der Waals surface area (Å²) in [7, 11) is 0. The highest BCUT2D eigenvalue weighted by Gasteiger charge is 2.26. The van der Waals surface area contributed by atoms with Crippen LogP contribution < -0.4 is 15.4 Å². The number of carbonyl (C=O) groups is 1. The first-order valence-electron chi connectivity index (χ1n) is 6.02. The van der Waals surface area contributed by atoms with Gasteiger partial charge in [0.05, 0.1) is 12.6 Å². The maximum Gasteiger partial charge on any atom is 0.243 e. The average Bonchev–Trinajstić information content (AvgIpc) is 2.34. The Labute approximate surface area is 101 Å². The van der Waals surface area contributed by atoms with Crippen molar-refractivity contribution in [1.82, 2.24) is 0 Å². The van der Waals surface area contributed by atoms with Crippen molar-refractivity contribution >= 4 is 11.6 Å². The summed E-state index contributed by atoms with van der Waals surface area (Å²) in [6, 6.07) is 7.22. The van der Waals surface area contributed by atoms with Crippen molar-refractivity contribution in [2.75, 3.05) is 18.1 Å². The highest BCUT2D eigenvalue weighted by Crippen LogP contribution is 2.23. The van der Waals surface area contributed by atoms with Gasteiger partial charge in [0.2, 0.25) is 5.91 Å². The van der Waals surface area contributed by atoms with Gasteiger partial charge in [-0.2, -0.15) is 0 Å². The van der Waals surface area contributed by atoms with Gasteiger partial charge in [-0.05, 0) is 44.0 Å². The Morgan fingerprint density at radius 2 is 2.12 bits per heavy atom. The van der Waals surface area contributed by atoms with Crippen LogP contribution in [0, 0.1) is 0 Å². The standard InChI is InChI=1S/C13H18N2O2/c1-2-17-11-7-5-10(6-8-11)15-9-3-4-12(14)13(15)16/h5-8,12H,2-4,9,14H2,1H3. The number of anilines is 1. The maximum atomic E-state index is 11.9. The molecular weight excluding hydrogens is 216 g/mol. The highest BCUT2D eigenvalue weighted by atomic mass is 16.5. The van der Waals surface area contributed by atoms with E-state index in [9.17, 15) is 4.79 Å². The molecule has 1 heterocycles. The third kappa shape index (κ3) is 2.58. The third-order valence-corrected chi connectivity index (χ3v) is 2.94. The van der Waals surface area contributed by atoms with Crippen LogP contribution in [0.15, 0.2) is 24.3 Å². The SMILES string of the molecule is CCOc1ccc(N2CCCC(N)C2=O)cc1. The summed E-state index contributed by atoms with van der Waals surface area (Å²) in [6.07, 6.45) is 1.74. The Balaban J connectivity index is 2.13. The minimum absolute atomic E-state index is 0.0143. The molecule has 1 aliphatic heterocycles. The molecule has 0 aromatic heterocycles. The summed E-state index contributed by atoms with van der Waals surface area (Å²) in [5.74, 6) is 0.838. The van der Waals surface area contributed by atoms with Crippen LogP contribution in [-0.4, -0.2) is 25.1 Å². The largest absolute Gasteiger partial charge is 0.494 e. The number of nitrogens with two attached hydrogens (primary N) is 1. The molecule has 1 aliphatic rings. The summed E-state index contributed by atoms with van der Waals surface area (Å²) in [5.41, 5.74) is 6.66. The van der Waals surface area contributed by atoms with Crippen molar-refractivity contribution in [1.29, 1.82) is 0 Å². The van der Waals surface area contributed by atoms with Gasteiger partial charge in [-0.3, -0.25) is 4.79 Å². The van der Waals surface area contributed by atoms with Crippen molar-refractivity contribution in [3.63, 3.8) is 0 Å². The van der Waals surface area contributed by atoms with E-state index in [0.29, 0.717) is 6.61 Å². The van der Waals surface area contributed by atoms with Crippen LogP contribution in [0.2, 0.25) is 0 Å². The minimum atomic E-state index is -0.352. The molecule has 4 heteroatoms. The van der Waals surface area contributed by atoms with E-state index in [1.165, 1.54) is 0 Å². The lowest BCUT2D eigenvalue weighted by molar-refractivity contribution is -0.120. The zero-order chi connectivity index (χ0) is 12.3. The predicted octanol–water partition coefficient (Wildman–Crippen LogP) is 1.54. The smallest absolute Gasteiger partial charge is 0.243 e. The summed E-state index contributed by atoms with van der Waals surface area (Å²) in [6.45, 7) is 3.34. The van der Waals surface area contributed by atoms with Gasteiger partial charge in [0.15, 0.2) is 0 Å². The molecule has 1 amide bonds. The first kappa shape index (κ1) is 11.9. The summed E-state index contributed by atoms with van der Waals surface area (Å²) in [5, 5.41) is 0. The van der Waals surface area contributed by atoms with Gasteiger partial charge in [-0.1, -0.05) is 0 Å². The van der Waals surface area contributed by atoms with Crippen LogP contribution in [0.3, 0.4) is 0 Å². The van der Waals surface area contributed by atoms with Gasteiger partial charge in [0.1, 0.15) is 5.75 Å².